The van der Waals surface area contributed by atoms with Gasteiger partial charge in [-0.15, -0.1) is 11.3 Å². The molecular weight excluding hydrogens is 743 g/mol. The third-order valence-electron chi connectivity index (χ3n) is 13.6. The van der Waals surface area contributed by atoms with Crippen molar-refractivity contribution in [3.05, 3.63) is 210 Å². The van der Waals surface area contributed by atoms with Gasteiger partial charge in [0.05, 0.1) is 0 Å². The topological polar surface area (TPSA) is 3.24 Å². The second-order valence-corrected chi connectivity index (χ2v) is 18.9. The first kappa shape index (κ1) is 35.2. The quantitative estimate of drug-likeness (QED) is 0.168. The predicted molar refractivity (Wildman–Crippen MR) is 258 cm³/mol. The van der Waals surface area contributed by atoms with Crippen molar-refractivity contribution in [2.75, 3.05) is 4.90 Å². The predicted octanol–water partition coefficient (Wildman–Crippen LogP) is 16.6. The van der Waals surface area contributed by atoms with E-state index in [2.05, 4.69) is 221 Å². The van der Waals surface area contributed by atoms with Gasteiger partial charge < -0.3 is 4.90 Å². The number of rotatable bonds is 5. The molecule has 9 aromatic carbocycles. The molecule has 12 rings (SSSR count). The van der Waals surface area contributed by atoms with E-state index in [0.717, 1.165) is 5.69 Å². The van der Waals surface area contributed by atoms with Crippen LogP contribution in [0.5, 0.6) is 0 Å². The third kappa shape index (κ3) is 5.24. The first-order valence-corrected chi connectivity index (χ1v) is 21.9. The summed E-state index contributed by atoms with van der Waals surface area (Å²) in [6.45, 7) is 9.58. The number of anilines is 3. The molecule has 2 aliphatic rings. The summed E-state index contributed by atoms with van der Waals surface area (Å²) in [5, 5.41) is 5.15. The molecule has 0 N–H and O–H groups in total. The van der Waals surface area contributed by atoms with Crippen molar-refractivity contribution >= 4 is 59.3 Å². The molecule has 10 aromatic rings. The summed E-state index contributed by atoms with van der Waals surface area (Å²) in [6, 6.07) is 70.6. The van der Waals surface area contributed by atoms with Crippen molar-refractivity contribution in [2.24, 2.45) is 0 Å². The lowest BCUT2D eigenvalue weighted by Gasteiger charge is -2.30. The maximum absolute atomic E-state index is 2.48. The number of nitrogens with zero attached hydrogens (tertiary/aromatic N) is 1. The van der Waals surface area contributed by atoms with Crippen LogP contribution in [0.25, 0.3) is 75.5 Å². The molecule has 1 heterocycles. The molecule has 0 radical (unpaired) electrons. The molecule has 0 bridgehead atoms. The Morgan fingerprint density at radius 3 is 1.47 bits per heavy atom. The van der Waals surface area contributed by atoms with Gasteiger partial charge in [-0.1, -0.05) is 149 Å². The average molecular weight is 786 g/mol. The lowest BCUT2D eigenvalue weighted by molar-refractivity contribution is 0.660. The lowest BCUT2D eigenvalue weighted by atomic mass is 9.81. The molecule has 0 saturated heterocycles. The summed E-state index contributed by atoms with van der Waals surface area (Å²) in [4.78, 5) is 2.48. The number of hydrogen-bond donors (Lipinski definition) is 0. The van der Waals surface area contributed by atoms with Gasteiger partial charge in [0.2, 0.25) is 0 Å². The van der Waals surface area contributed by atoms with Crippen LogP contribution < -0.4 is 4.90 Å². The van der Waals surface area contributed by atoms with E-state index in [0.29, 0.717) is 0 Å². The van der Waals surface area contributed by atoms with Crippen LogP contribution in [0, 0.1) is 0 Å². The number of fused-ring (bicyclic) bond motifs is 10. The van der Waals surface area contributed by atoms with Gasteiger partial charge in [0, 0.05) is 48.1 Å². The van der Waals surface area contributed by atoms with Crippen LogP contribution in [-0.4, -0.2) is 0 Å². The van der Waals surface area contributed by atoms with E-state index in [-0.39, 0.29) is 10.8 Å². The minimum absolute atomic E-state index is 0.166. The van der Waals surface area contributed by atoms with Gasteiger partial charge in [0.1, 0.15) is 0 Å². The van der Waals surface area contributed by atoms with Crippen LogP contribution in [0.3, 0.4) is 0 Å². The fourth-order valence-corrected chi connectivity index (χ4v) is 11.5. The Morgan fingerprint density at radius 1 is 0.333 bits per heavy atom. The van der Waals surface area contributed by atoms with Crippen molar-refractivity contribution in [3.63, 3.8) is 0 Å². The normalized spacial score (nSPS) is 14.3. The Kier molecular flexibility index (Phi) is 7.56. The Labute approximate surface area is 355 Å². The molecule has 0 aliphatic heterocycles. The van der Waals surface area contributed by atoms with Gasteiger partial charge >= 0.3 is 0 Å². The van der Waals surface area contributed by atoms with Crippen molar-refractivity contribution in [3.8, 4) is 44.5 Å². The summed E-state index contributed by atoms with van der Waals surface area (Å²) in [5.74, 6) is 0. The fourth-order valence-electron chi connectivity index (χ4n) is 10.4. The molecule has 60 heavy (non-hydrogen) atoms. The minimum Gasteiger partial charge on any atom is -0.310 e. The molecule has 0 atom stereocenters. The van der Waals surface area contributed by atoms with Crippen molar-refractivity contribution in [1.82, 2.24) is 0 Å². The summed E-state index contributed by atoms with van der Waals surface area (Å²) in [6.07, 6.45) is 0. The first-order valence-electron chi connectivity index (χ1n) is 21.1. The van der Waals surface area contributed by atoms with Crippen LogP contribution >= 0.6 is 11.3 Å². The monoisotopic (exact) mass is 785 g/mol. The number of hydrogen-bond acceptors (Lipinski definition) is 2. The number of benzene rings is 9. The van der Waals surface area contributed by atoms with E-state index in [1.54, 1.807) is 0 Å². The molecule has 0 fully saturated rings. The van der Waals surface area contributed by atoms with E-state index in [4.69, 9.17) is 0 Å². The minimum atomic E-state index is -0.192. The first-order chi connectivity index (χ1) is 29.2. The molecule has 2 heteroatoms. The zero-order chi connectivity index (χ0) is 40.3. The van der Waals surface area contributed by atoms with Gasteiger partial charge in [-0.25, -0.2) is 0 Å². The zero-order valence-corrected chi connectivity index (χ0v) is 35.1. The van der Waals surface area contributed by atoms with Gasteiger partial charge in [-0.3, -0.25) is 0 Å². The summed E-state index contributed by atoms with van der Waals surface area (Å²) in [7, 11) is 0. The van der Waals surface area contributed by atoms with E-state index < -0.39 is 0 Å². The zero-order valence-electron chi connectivity index (χ0n) is 34.3. The molecule has 1 aromatic heterocycles. The summed E-state index contributed by atoms with van der Waals surface area (Å²) >= 11 is 1.88. The Balaban J connectivity index is 0.967. The average Bonchev–Trinajstić information content (AvgIpc) is 3.85. The highest BCUT2D eigenvalue weighted by atomic mass is 32.1. The molecular formula is C58H43NS. The Bertz CT molecular complexity index is 3380. The molecule has 0 amide bonds. The van der Waals surface area contributed by atoms with Gasteiger partial charge in [0.25, 0.3) is 0 Å². The van der Waals surface area contributed by atoms with E-state index in [1.165, 1.54) is 109 Å². The van der Waals surface area contributed by atoms with Gasteiger partial charge in [-0.05, 0) is 144 Å². The van der Waals surface area contributed by atoms with E-state index >= 15 is 0 Å². The van der Waals surface area contributed by atoms with Crippen LogP contribution in [0.4, 0.5) is 17.1 Å². The Hall–Kier alpha value is -6.74. The van der Waals surface area contributed by atoms with Crippen LogP contribution in [0.15, 0.2) is 188 Å². The molecule has 0 spiro atoms. The Morgan fingerprint density at radius 2 is 0.800 bits per heavy atom. The highest BCUT2D eigenvalue weighted by molar-refractivity contribution is 7.25. The van der Waals surface area contributed by atoms with Crippen LogP contribution in [-0.2, 0) is 10.8 Å². The van der Waals surface area contributed by atoms with Crippen molar-refractivity contribution in [2.45, 2.75) is 38.5 Å². The highest BCUT2D eigenvalue weighted by Gasteiger charge is 2.38. The molecule has 0 unspecified atom stereocenters. The second-order valence-electron chi connectivity index (χ2n) is 17.8. The SMILES string of the molecule is CC1(C)c2cc(-c3ccccc3)ccc2-c2ccc(N(c3ccc4c(c3)C(C)(C)c3cc(-c5ccc6sc7ccccc7c6c5)ccc3-4)c3ccc4ccccc4c3)cc21. The van der Waals surface area contributed by atoms with E-state index in [9.17, 15) is 0 Å². The third-order valence-corrected chi connectivity index (χ3v) is 14.8. The fraction of sp³-hybridized carbons (Fsp3) is 0.103. The van der Waals surface area contributed by atoms with Crippen LogP contribution in [0.2, 0.25) is 0 Å². The second kappa shape index (κ2) is 12.9. The van der Waals surface area contributed by atoms with Gasteiger partial charge in [0.15, 0.2) is 0 Å². The van der Waals surface area contributed by atoms with Crippen LogP contribution in [0.1, 0.15) is 49.9 Å². The van der Waals surface area contributed by atoms with Gasteiger partial charge in [-0.2, -0.15) is 0 Å². The summed E-state index contributed by atoms with van der Waals surface area (Å²) < 4.78 is 2.68. The highest BCUT2D eigenvalue weighted by Crippen LogP contribution is 2.54. The number of thiophene rings is 1. The molecule has 2 aliphatic carbocycles. The molecule has 286 valence electrons. The standard InChI is InChI=1S/C58H43NS/c1-57(2)51-32-40(36-12-6-5-7-13-36)19-25-45(51)47-27-23-43(34-53(47)57)59(42-22-18-37-14-8-9-15-38(37)30-42)44-24-28-48-46-26-20-41(33-52(46)58(3,4)54(48)35-44)39-21-29-56-50(31-39)49-16-10-11-17-55(49)60-56/h5-35H,1-4H3. The summed E-state index contributed by atoms with van der Waals surface area (Å²) in [5.41, 5.74) is 19.0. The molecule has 1 nitrogen and oxygen atoms in total. The molecule has 0 saturated carbocycles. The lowest BCUT2D eigenvalue weighted by Crippen LogP contribution is -2.18. The largest absolute Gasteiger partial charge is 0.310 e. The van der Waals surface area contributed by atoms with Crippen molar-refractivity contribution in [1.29, 1.82) is 0 Å². The smallest absolute Gasteiger partial charge is 0.0468 e. The maximum Gasteiger partial charge on any atom is 0.0468 e. The maximum atomic E-state index is 2.48. The van der Waals surface area contributed by atoms with Crippen molar-refractivity contribution < 1.29 is 0 Å². The van der Waals surface area contributed by atoms with E-state index in [1.807, 2.05) is 11.3 Å².